The number of anilines is 1. The molecule has 0 spiro atoms. The van der Waals surface area contributed by atoms with Crippen molar-refractivity contribution in [2.24, 2.45) is 0 Å². The summed E-state index contributed by atoms with van der Waals surface area (Å²) in [5, 5.41) is 3.13. The van der Waals surface area contributed by atoms with E-state index in [0.717, 1.165) is 44.8 Å². The third-order valence-electron chi connectivity index (χ3n) is 4.27. The van der Waals surface area contributed by atoms with Gasteiger partial charge in [-0.25, -0.2) is 4.98 Å². The molecule has 2 rings (SSSR count). The van der Waals surface area contributed by atoms with Crippen molar-refractivity contribution in [3.63, 3.8) is 0 Å². The summed E-state index contributed by atoms with van der Waals surface area (Å²) in [6.07, 6.45) is 3.97. The highest BCUT2D eigenvalue weighted by Gasteiger charge is 2.27. The van der Waals surface area contributed by atoms with E-state index >= 15 is 0 Å². The molecule has 0 atom stereocenters. The zero-order chi connectivity index (χ0) is 15.1. The summed E-state index contributed by atoms with van der Waals surface area (Å²) < 4.78 is 0. The Kier molecular flexibility index (Phi) is 5.99. The molecule has 0 unspecified atom stereocenters. The van der Waals surface area contributed by atoms with Crippen molar-refractivity contribution >= 4 is 11.7 Å². The minimum atomic E-state index is 0.193. The van der Waals surface area contributed by atoms with E-state index < -0.39 is 0 Å². The van der Waals surface area contributed by atoms with Gasteiger partial charge in [-0.1, -0.05) is 19.9 Å². The van der Waals surface area contributed by atoms with Crippen LogP contribution in [0.4, 0.5) is 5.82 Å². The van der Waals surface area contributed by atoms with Crippen LogP contribution in [0.3, 0.4) is 0 Å². The second kappa shape index (κ2) is 7.98. The topological polar surface area (TPSA) is 50.9 Å². The highest BCUT2D eigenvalue weighted by Crippen LogP contribution is 2.04. The van der Waals surface area contributed by atoms with E-state index in [1.165, 1.54) is 4.90 Å². The van der Waals surface area contributed by atoms with Crippen LogP contribution in [0.1, 0.15) is 26.7 Å². The lowest BCUT2D eigenvalue weighted by Crippen LogP contribution is -3.16. The first kappa shape index (κ1) is 15.8. The van der Waals surface area contributed by atoms with Gasteiger partial charge in [0.25, 0.3) is 11.7 Å². The van der Waals surface area contributed by atoms with E-state index in [1.54, 1.807) is 0 Å². The lowest BCUT2D eigenvalue weighted by Gasteiger charge is -2.28. The van der Waals surface area contributed by atoms with Crippen molar-refractivity contribution in [3.05, 3.63) is 24.4 Å². The molecule has 1 fully saturated rings. The molecule has 1 aliphatic heterocycles. The van der Waals surface area contributed by atoms with Crippen LogP contribution in [-0.2, 0) is 4.79 Å². The third kappa shape index (κ3) is 4.70. The van der Waals surface area contributed by atoms with Gasteiger partial charge in [0, 0.05) is 12.1 Å². The maximum atomic E-state index is 12.0. The Bertz CT molecular complexity index is 425. The van der Waals surface area contributed by atoms with Crippen molar-refractivity contribution in [2.75, 3.05) is 37.6 Å². The van der Waals surface area contributed by atoms with Gasteiger partial charge >= 0.3 is 0 Å². The Morgan fingerprint density at radius 1 is 1.33 bits per heavy atom. The van der Waals surface area contributed by atoms with Gasteiger partial charge in [0.05, 0.1) is 6.20 Å². The largest absolute Gasteiger partial charge is 0.349 e. The molecule has 0 radical (unpaired) electrons. The number of nitrogens with one attached hydrogen (secondary N) is 3. The molecular weight excluding hydrogens is 264 g/mol. The molecule has 1 saturated heterocycles. The van der Waals surface area contributed by atoms with E-state index in [9.17, 15) is 4.79 Å². The summed E-state index contributed by atoms with van der Waals surface area (Å²) in [5.41, 5.74) is 0. The lowest BCUT2D eigenvalue weighted by molar-refractivity contribution is -0.892. The number of H-pyrrole nitrogens is 1. The number of aromatic amines is 1. The van der Waals surface area contributed by atoms with Gasteiger partial charge in [-0.3, -0.25) is 9.69 Å². The second-order valence-corrected chi connectivity index (χ2v) is 5.74. The van der Waals surface area contributed by atoms with Gasteiger partial charge in [0.15, 0.2) is 6.54 Å². The van der Waals surface area contributed by atoms with Gasteiger partial charge < -0.3 is 10.2 Å². The zero-order valence-corrected chi connectivity index (χ0v) is 13.2. The van der Waals surface area contributed by atoms with Crippen LogP contribution in [0, 0.1) is 0 Å². The number of hydrogen-bond donors (Lipinski definition) is 2. The number of piperazine rings is 1. The molecule has 0 saturated carbocycles. The molecule has 1 amide bonds. The molecule has 0 aromatic carbocycles. The van der Waals surface area contributed by atoms with Gasteiger partial charge in [-0.05, 0) is 18.9 Å². The smallest absolute Gasteiger partial charge is 0.275 e. The van der Waals surface area contributed by atoms with Gasteiger partial charge in [-0.2, -0.15) is 0 Å². The van der Waals surface area contributed by atoms with Crippen molar-refractivity contribution in [2.45, 2.75) is 32.7 Å². The number of nitrogens with zero attached hydrogens (tertiary/aromatic N) is 1. The fourth-order valence-corrected chi connectivity index (χ4v) is 2.82. The van der Waals surface area contributed by atoms with Crippen LogP contribution in [0.2, 0.25) is 0 Å². The van der Waals surface area contributed by atoms with Crippen LogP contribution in [0.25, 0.3) is 0 Å². The summed E-state index contributed by atoms with van der Waals surface area (Å²) in [4.78, 5) is 19.0. The van der Waals surface area contributed by atoms with Crippen LogP contribution >= 0.6 is 0 Å². The Morgan fingerprint density at radius 3 is 2.62 bits per heavy atom. The van der Waals surface area contributed by atoms with E-state index in [1.807, 2.05) is 18.3 Å². The molecule has 1 aliphatic rings. The highest BCUT2D eigenvalue weighted by molar-refractivity contribution is 5.77. The predicted octanol–water partition coefficient (Wildman–Crippen LogP) is -0.490. The van der Waals surface area contributed by atoms with E-state index in [0.29, 0.717) is 12.6 Å². The SMILES string of the molecule is CCC(CC)NC(=O)C[NH+]1CCN(c2cccc[nH+]2)CC1. The molecule has 116 valence electrons. The maximum absolute atomic E-state index is 12.0. The number of rotatable bonds is 6. The van der Waals surface area contributed by atoms with Crippen LogP contribution in [0.15, 0.2) is 24.4 Å². The van der Waals surface area contributed by atoms with Crippen molar-refractivity contribution < 1.29 is 14.7 Å². The second-order valence-electron chi connectivity index (χ2n) is 5.74. The molecule has 0 bridgehead atoms. The molecule has 0 aliphatic carbocycles. The quantitative estimate of drug-likeness (QED) is 0.743. The van der Waals surface area contributed by atoms with Crippen LogP contribution < -0.4 is 20.1 Å². The number of amides is 1. The fraction of sp³-hybridized carbons (Fsp3) is 0.625. The molecular formula is C16H28N4O+2. The summed E-state index contributed by atoms with van der Waals surface area (Å²) in [7, 11) is 0. The van der Waals surface area contributed by atoms with Crippen LogP contribution in [-0.4, -0.2) is 44.7 Å². The maximum Gasteiger partial charge on any atom is 0.275 e. The average molecular weight is 292 g/mol. The Hall–Kier alpha value is -1.62. The summed E-state index contributed by atoms with van der Waals surface area (Å²) in [6, 6.07) is 6.48. The molecule has 21 heavy (non-hydrogen) atoms. The normalized spacial score (nSPS) is 16.2. The molecule has 2 heterocycles. The third-order valence-corrected chi connectivity index (χ3v) is 4.27. The molecule has 5 heteroatoms. The standard InChI is InChI=1S/C16H26N4O/c1-3-14(4-2)18-16(21)13-19-9-11-20(12-10-19)15-7-5-6-8-17-15/h5-8,14H,3-4,9-13H2,1-2H3,(H,18,21)/p+2. The first-order chi connectivity index (χ1) is 10.2. The van der Waals surface area contributed by atoms with Gasteiger partial charge in [-0.15, -0.1) is 0 Å². The summed E-state index contributed by atoms with van der Waals surface area (Å²) >= 11 is 0. The zero-order valence-electron chi connectivity index (χ0n) is 13.2. The Balaban J connectivity index is 1.75. The minimum Gasteiger partial charge on any atom is -0.349 e. The van der Waals surface area contributed by atoms with E-state index in [-0.39, 0.29) is 5.91 Å². The van der Waals surface area contributed by atoms with E-state index in [2.05, 4.69) is 35.1 Å². The number of carbonyl (C=O) groups excluding carboxylic acids is 1. The molecule has 5 nitrogen and oxygen atoms in total. The molecule has 3 N–H and O–H groups in total. The summed E-state index contributed by atoms with van der Waals surface area (Å²) in [5.74, 6) is 1.36. The van der Waals surface area contributed by atoms with Gasteiger partial charge in [0.1, 0.15) is 26.2 Å². The Morgan fingerprint density at radius 2 is 2.05 bits per heavy atom. The van der Waals surface area contributed by atoms with Crippen LogP contribution in [0.5, 0.6) is 0 Å². The van der Waals surface area contributed by atoms with Crippen molar-refractivity contribution in [1.29, 1.82) is 0 Å². The molecule has 1 aromatic rings. The first-order valence-corrected chi connectivity index (χ1v) is 8.07. The van der Waals surface area contributed by atoms with Crippen molar-refractivity contribution in [1.82, 2.24) is 5.32 Å². The number of aromatic nitrogens is 1. The predicted molar refractivity (Wildman–Crippen MR) is 83.3 cm³/mol. The first-order valence-electron chi connectivity index (χ1n) is 8.07. The highest BCUT2D eigenvalue weighted by atomic mass is 16.2. The number of pyridine rings is 1. The Labute approximate surface area is 127 Å². The number of carbonyl (C=O) groups is 1. The average Bonchev–Trinajstić information content (AvgIpc) is 2.54. The van der Waals surface area contributed by atoms with E-state index in [4.69, 9.17) is 0 Å². The monoisotopic (exact) mass is 292 g/mol. The molecule has 1 aromatic heterocycles. The summed E-state index contributed by atoms with van der Waals surface area (Å²) in [6.45, 7) is 8.86. The minimum absolute atomic E-state index is 0.193. The number of quaternary nitrogens is 1. The number of hydrogen-bond acceptors (Lipinski definition) is 2. The fourth-order valence-electron chi connectivity index (χ4n) is 2.82. The van der Waals surface area contributed by atoms with Gasteiger partial charge in [0.2, 0.25) is 0 Å². The van der Waals surface area contributed by atoms with Crippen molar-refractivity contribution in [3.8, 4) is 0 Å². The lowest BCUT2D eigenvalue weighted by atomic mass is 10.2.